The maximum atomic E-state index is 11.7. The van der Waals surface area contributed by atoms with Crippen LogP contribution in [0.3, 0.4) is 0 Å². The number of rotatable bonds is 2. The van der Waals surface area contributed by atoms with Crippen molar-refractivity contribution in [1.82, 2.24) is 0 Å². The highest BCUT2D eigenvalue weighted by Crippen LogP contribution is 2.30. The summed E-state index contributed by atoms with van der Waals surface area (Å²) in [4.78, 5) is 24.7. The topological polar surface area (TPSA) is 58.6 Å². The van der Waals surface area contributed by atoms with Gasteiger partial charge in [0, 0.05) is 13.1 Å². The van der Waals surface area contributed by atoms with E-state index in [4.69, 9.17) is 0 Å². The maximum absolute atomic E-state index is 11.7. The van der Waals surface area contributed by atoms with Gasteiger partial charge in [-0.05, 0) is 24.3 Å². The van der Waals surface area contributed by atoms with Crippen LogP contribution in [0.4, 0.5) is 11.4 Å². The van der Waals surface area contributed by atoms with E-state index in [0.29, 0.717) is 18.7 Å². The number of methoxy groups -OCH3 is 1. The molecule has 1 amide bonds. The van der Waals surface area contributed by atoms with Crippen molar-refractivity contribution in [2.75, 3.05) is 30.4 Å². The molecular weight excluding hydrogens is 232 g/mol. The molecule has 1 aromatic carbocycles. The number of amides is 1. The Kier molecular flexibility index (Phi) is 3.32. The monoisotopic (exact) mass is 246 g/mol. The summed E-state index contributed by atoms with van der Waals surface area (Å²) in [5, 5.41) is 3.15. The molecule has 1 N–H and O–H groups in total. The summed E-state index contributed by atoms with van der Waals surface area (Å²) in [6.45, 7) is 4.70. The second kappa shape index (κ2) is 4.91. The number of carbonyl (C=O) groups is 2. The maximum Gasteiger partial charge on any atom is 0.337 e. The largest absolute Gasteiger partial charge is 0.465 e. The molecule has 0 atom stereocenters. The fourth-order valence-electron chi connectivity index (χ4n) is 1.92. The first-order chi connectivity index (χ1) is 8.67. The predicted molar refractivity (Wildman–Crippen MR) is 68.8 cm³/mol. The van der Waals surface area contributed by atoms with Crippen molar-refractivity contribution in [3.63, 3.8) is 0 Å². The Labute approximate surface area is 105 Å². The lowest BCUT2D eigenvalue weighted by atomic mass is 10.1. The molecule has 18 heavy (non-hydrogen) atoms. The molecule has 1 aliphatic heterocycles. The average Bonchev–Trinajstić information content (AvgIpc) is 2.44. The molecule has 0 fully saturated rings. The molecule has 0 aromatic heterocycles. The van der Waals surface area contributed by atoms with E-state index in [1.165, 1.54) is 13.2 Å². The number of ether oxygens (including phenoxy) is 1. The SMILES string of the molecule is C=CC(=O)N1CCNc2cc(C(=O)OC)ccc21. The van der Waals surface area contributed by atoms with E-state index in [2.05, 4.69) is 16.6 Å². The van der Waals surface area contributed by atoms with Gasteiger partial charge in [-0.2, -0.15) is 0 Å². The summed E-state index contributed by atoms with van der Waals surface area (Å²) in [5.74, 6) is -0.546. The first-order valence-electron chi connectivity index (χ1n) is 5.57. The number of nitrogens with zero attached hydrogens (tertiary/aromatic N) is 1. The lowest BCUT2D eigenvalue weighted by molar-refractivity contribution is -0.114. The number of fused-ring (bicyclic) bond motifs is 1. The minimum atomic E-state index is -0.397. The standard InChI is InChI=1S/C13H14N2O3/c1-3-12(16)15-7-6-14-10-8-9(13(17)18-2)4-5-11(10)15/h3-5,8,14H,1,6-7H2,2H3. The van der Waals surface area contributed by atoms with E-state index in [1.54, 1.807) is 23.1 Å². The molecule has 0 saturated heterocycles. The third kappa shape index (κ3) is 2.07. The normalized spacial score (nSPS) is 13.3. The molecule has 0 bridgehead atoms. The smallest absolute Gasteiger partial charge is 0.337 e. The first-order valence-corrected chi connectivity index (χ1v) is 5.57. The van der Waals surface area contributed by atoms with E-state index >= 15 is 0 Å². The average molecular weight is 246 g/mol. The van der Waals surface area contributed by atoms with E-state index in [9.17, 15) is 9.59 Å². The number of hydrogen-bond acceptors (Lipinski definition) is 4. The van der Waals surface area contributed by atoms with Gasteiger partial charge in [0.15, 0.2) is 0 Å². The Bertz CT molecular complexity index is 511. The predicted octanol–water partition coefficient (Wildman–Crippen LogP) is 1.42. The molecule has 0 unspecified atom stereocenters. The van der Waals surface area contributed by atoms with E-state index in [0.717, 1.165) is 11.4 Å². The lowest BCUT2D eigenvalue weighted by Crippen LogP contribution is -2.37. The van der Waals surface area contributed by atoms with Crippen molar-refractivity contribution >= 4 is 23.3 Å². The van der Waals surface area contributed by atoms with E-state index < -0.39 is 5.97 Å². The summed E-state index contributed by atoms with van der Waals surface area (Å²) >= 11 is 0. The van der Waals surface area contributed by atoms with Gasteiger partial charge in [-0.1, -0.05) is 6.58 Å². The molecule has 1 aromatic rings. The first kappa shape index (κ1) is 12.2. The number of hydrogen-bond donors (Lipinski definition) is 1. The van der Waals surface area contributed by atoms with Crippen LogP contribution < -0.4 is 10.2 Å². The summed E-state index contributed by atoms with van der Waals surface area (Å²) in [7, 11) is 1.34. The van der Waals surface area contributed by atoms with Gasteiger partial charge in [-0.15, -0.1) is 0 Å². The zero-order valence-electron chi connectivity index (χ0n) is 10.1. The number of esters is 1. The highest BCUT2D eigenvalue weighted by Gasteiger charge is 2.21. The number of carbonyl (C=O) groups excluding carboxylic acids is 2. The van der Waals surface area contributed by atoms with Crippen molar-refractivity contribution in [3.8, 4) is 0 Å². The molecule has 1 aliphatic rings. The fourth-order valence-corrected chi connectivity index (χ4v) is 1.92. The van der Waals surface area contributed by atoms with Gasteiger partial charge in [0.05, 0.1) is 24.0 Å². The number of benzene rings is 1. The van der Waals surface area contributed by atoms with Crippen LogP contribution in [0.1, 0.15) is 10.4 Å². The van der Waals surface area contributed by atoms with Gasteiger partial charge in [0.2, 0.25) is 0 Å². The van der Waals surface area contributed by atoms with Crippen LogP contribution >= 0.6 is 0 Å². The minimum absolute atomic E-state index is 0.149. The summed E-state index contributed by atoms with van der Waals surface area (Å²) in [5.41, 5.74) is 1.95. The Hall–Kier alpha value is -2.30. The third-order valence-electron chi connectivity index (χ3n) is 2.80. The van der Waals surface area contributed by atoms with Gasteiger partial charge < -0.3 is 15.0 Å². The molecule has 1 heterocycles. The van der Waals surface area contributed by atoms with Crippen molar-refractivity contribution in [1.29, 1.82) is 0 Å². The van der Waals surface area contributed by atoms with Gasteiger partial charge in [-0.3, -0.25) is 4.79 Å². The summed E-state index contributed by atoms with van der Waals surface area (Å²) in [6, 6.07) is 5.06. The van der Waals surface area contributed by atoms with Crippen LogP contribution in [-0.4, -0.2) is 32.1 Å². The molecular formula is C13H14N2O3. The van der Waals surface area contributed by atoms with Crippen LogP contribution in [0.15, 0.2) is 30.9 Å². The Morgan fingerprint density at radius 3 is 2.94 bits per heavy atom. The van der Waals surface area contributed by atoms with E-state index in [1.807, 2.05) is 0 Å². The number of nitrogens with one attached hydrogen (secondary N) is 1. The van der Waals surface area contributed by atoms with Crippen molar-refractivity contribution in [2.45, 2.75) is 0 Å². The van der Waals surface area contributed by atoms with Crippen molar-refractivity contribution in [2.24, 2.45) is 0 Å². The second-order valence-electron chi connectivity index (χ2n) is 3.84. The van der Waals surface area contributed by atoms with Crippen LogP contribution in [0.25, 0.3) is 0 Å². The molecule has 94 valence electrons. The Morgan fingerprint density at radius 2 is 2.28 bits per heavy atom. The van der Waals surface area contributed by atoms with Gasteiger partial charge in [-0.25, -0.2) is 4.79 Å². The summed E-state index contributed by atoms with van der Waals surface area (Å²) < 4.78 is 4.66. The molecule has 0 radical (unpaired) electrons. The third-order valence-corrected chi connectivity index (χ3v) is 2.80. The molecule has 0 spiro atoms. The van der Waals surface area contributed by atoms with Crippen LogP contribution in [0.5, 0.6) is 0 Å². The Balaban J connectivity index is 2.39. The van der Waals surface area contributed by atoms with Crippen molar-refractivity contribution in [3.05, 3.63) is 36.4 Å². The second-order valence-corrected chi connectivity index (χ2v) is 3.84. The number of anilines is 2. The molecule has 5 heteroatoms. The van der Waals surface area contributed by atoms with Crippen molar-refractivity contribution < 1.29 is 14.3 Å². The molecule has 2 rings (SSSR count). The van der Waals surface area contributed by atoms with Crippen LogP contribution in [0, 0.1) is 0 Å². The van der Waals surface area contributed by atoms with Gasteiger partial charge in [0.1, 0.15) is 0 Å². The zero-order chi connectivity index (χ0) is 13.1. The lowest BCUT2D eigenvalue weighted by Gasteiger charge is -2.29. The summed E-state index contributed by atoms with van der Waals surface area (Å²) in [6.07, 6.45) is 1.28. The Morgan fingerprint density at radius 1 is 1.50 bits per heavy atom. The molecule has 0 aliphatic carbocycles. The minimum Gasteiger partial charge on any atom is -0.465 e. The van der Waals surface area contributed by atoms with E-state index in [-0.39, 0.29) is 5.91 Å². The highest BCUT2D eigenvalue weighted by molar-refractivity contribution is 6.04. The zero-order valence-corrected chi connectivity index (χ0v) is 10.1. The van der Waals surface area contributed by atoms with Gasteiger partial charge in [0.25, 0.3) is 5.91 Å². The van der Waals surface area contributed by atoms with Crippen LogP contribution in [0.2, 0.25) is 0 Å². The quantitative estimate of drug-likeness (QED) is 0.633. The van der Waals surface area contributed by atoms with Gasteiger partial charge >= 0.3 is 5.97 Å². The molecule has 5 nitrogen and oxygen atoms in total. The highest BCUT2D eigenvalue weighted by atomic mass is 16.5. The molecule has 0 saturated carbocycles. The van der Waals surface area contributed by atoms with Crippen LogP contribution in [-0.2, 0) is 9.53 Å². The fraction of sp³-hybridized carbons (Fsp3) is 0.231.